The molecule has 0 radical (unpaired) electrons. The molecule has 9 heteroatoms. The molecule has 1 saturated heterocycles. The lowest BCUT2D eigenvalue weighted by Crippen LogP contribution is -2.44. The van der Waals surface area contributed by atoms with Crippen LogP contribution in [0.25, 0.3) is 0 Å². The van der Waals surface area contributed by atoms with Crippen LogP contribution in [0.15, 0.2) is 18.2 Å². The summed E-state index contributed by atoms with van der Waals surface area (Å²) in [4.78, 5) is 39.9. The van der Waals surface area contributed by atoms with Gasteiger partial charge in [0, 0.05) is 27.2 Å². The first-order chi connectivity index (χ1) is 15.8. The van der Waals surface area contributed by atoms with E-state index < -0.39 is 11.6 Å². The number of hydrogen-bond donors (Lipinski definition) is 2. The summed E-state index contributed by atoms with van der Waals surface area (Å²) in [6.45, 7) is 5.78. The average molecular weight is 461 g/mol. The summed E-state index contributed by atoms with van der Waals surface area (Å²) in [6.07, 6.45) is 3.53. The minimum Gasteiger partial charge on any atom is -0.490 e. The molecule has 0 unspecified atom stereocenters. The van der Waals surface area contributed by atoms with Crippen LogP contribution in [-0.2, 0) is 16.1 Å². The number of amides is 4. The molecule has 2 fully saturated rings. The van der Waals surface area contributed by atoms with E-state index >= 15 is 0 Å². The van der Waals surface area contributed by atoms with Crippen molar-refractivity contribution in [3.8, 4) is 11.5 Å². The molecule has 0 bridgehead atoms. The second kappa shape index (κ2) is 10.9. The van der Waals surface area contributed by atoms with Crippen LogP contribution in [0, 0.1) is 0 Å². The second-order valence-corrected chi connectivity index (χ2v) is 8.91. The minimum atomic E-state index is -0.640. The Kier molecular flexibility index (Phi) is 8.18. The number of benzene rings is 1. The van der Waals surface area contributed by atoms with Crippen molar-refractivity contribution in [2.24, 2.45) is 0 Å². The van der Waals surface area contributed by atoms with Gasteiger partial charge in [0.15, 0.2) is 17.6 Å². The van der Waals surface area contributed by atoms with E-state index in [1.807, 2.05) is 25.1 Å². The normalized spacial score (nSPS) is 17.9. The summed E-state index contributed by atoms with van der Waals surface area (Å²) in [5.41, 5.74) is 0.371. The molecule has 1 aliphatic heterocycles. The number of carbonyl (C=O) groups excluding carboxylic acids is 3. The molecule has 1 atom stereocenters. The first-order valence-electron chi connectivity index (χ1n) is 11.8. The van der Waals surface area contributed by atoms with Gasteiger partial charge in [-0.2, -0.15) is 0 Å². The summed E-state index contributed by atoms with van der Waals surface area (Å²) < 4.78 is 11.5. The molecule has 1 spiro atoms. The van der Waals surface area contributed by atoms with Crippen molar-refractivity contribution >= 4 is 17.8 Å². The predicted octanol–water partition coefficient (Wildman–Crippen LogP) is 2.29. The van der Waals surface area contributed by atoms with Crippen LogP contribution in [0.3, 0.4) is 0 Å². The van der Waals surface area contributed by atoms with Crippen LogP contribution in [0.4, 0.5) is 4.79 Å². The fourth-order valence-corrected chi connectivity index (χ4v) is 4.42. The first-order valence-corrected chi connectivity index (χ1v) is 11.8. The maximum atomic E-state index is 12.7. The number of carbonyl (C=O) groups is 3. The van der Waals surface area contributed by atoms with Crippen molar-refractivity contribution < 1.29 is 23.9 Å². The predicted molar refractivity (Wildman–Crippen MR) is 124 cm³/mol. The highest BCUT2D eigenvalue weighted by Gasteiger charge is 2.51. The number of imide groups is 1. The van der Waals surface area contributed by atoms with E-state index in [2.05, 4.69) is 10.6 Å². The molecule has 1 aromatic carbocycles. The molecule has 4 amide bonds. The topological polar surface area (TPSA) is 100 Å². The van der Waals surface area contributed by atoms with Gasteiger partial charge in [-0.05, 0) is 57.4 Å². The van der Waals surface area contributed by atoms with Crippen LogP contribution >= 0.6 is 0 Å². The van der Waals surface area contributed by atoms with E-state index in [1.165, 1.54) is 9.80 Å². The number of nitrogens with zero attached hydrogens (tertiary/aromatic N) is 2. The molecular weight excluding hydrogens is 424 g/mol. The van der Waals surface area contributed by atoms with Gasteiger partial charge in [0.1, 0.15) is 5.54 Å². The monoisotopic (exact) mass is 460 g/mol. The molecule has 0 aromatic heterocycles. The van der Waals surface area contributed by atoms with Gasteiger partial charge >= 0.3 is 6.03 Å². The second-order valence-electron chi connectivity index (χ2n) is 8.91. The van der Waals surface area contributed by atoms with Gasteiger partial charge in [0.05, 0.1) is 6.61 Å². The van der Waals surface area contributed by atoms with E-state index in [1.54, 1.807) is 21.0 Å². The fraction of sp³-hybridized carbons (Fsp3) is 0.625. The zero-order valence-corrected chi connectivity index (χ0v) is 20.1. The van der Waals surface area contributed by atoms with Crippen LogP contribution in [0.2, 0.25) is 0 Å². The molecule has 2 N–H and O–H groups in total. The minimum absolute atomic E-state index is 0.0658. The highest BCUT2D eigenvalue weighted by atomic mass is 16.5. The Morgan fingerprint density at radius 2 is 1.97 bits per heavy atom. The zero-order chi connectivity index (χ0) is 24.0. The van der Waals surface area contributed by atoms with Crippen LogP contribution in [0.5, 0.6) is 11.5 Å². The molecule has 1 aromatic rings. The van der Waals surface area contributed by atoms with Gasteiger partial charge in [0.2, 0.25) is 0 Å². The van der Waals surface area contributed by atoms with Gasteiger partial charge < -0.3 is 25.0 Å². The molecule has 1 saturated carbocycles. The molecular formula is C24H36N4O5. The van der Waals surface area contributed by atoms with Gasteiger partial charge in [-0.25, -0.2) is 4.79 Å². The molecule has 1 heterocycles. The molecule has 182 valence electrons. The Morgan fingerprint density at radius 3 is 2.64 bits per heavy atom. The first kappa shape index (κ1) is 24.8. The molecule has 9 nitrogen and oxygen atoms in total. The lowest BCUT2D eigenvalue weighted by atomic mass is 9.98. The van der Waals surface area contributed by atoms with Crippen molar-refractivity contribution in [1.29, 1.82) is 0 Å². The van der Waals surface area contributed by atoms with E-state index in [9.17, 15) is 14.4 Å². The van der Waals surface area contributed by atoms with Crippen LogP contribution < -0.4 is 20.1 Å². The highest BCUT2D eigenvalue weighted by molar-refractivity contribution is 6.07. The SMILES string of the molecule is CCOc1cc(CNCCCN2C(=O)NC3(CCCC3)C2=O)ccc1O[C@@H](C)C(=O)N(C)C. The van der Waals surface area contributed by atoms with E-state index in [-0.39, 0.29) is 17.8 Å². The summed E-state index contributed by atoms with van der Waals surface area (Å²) in [5.74, 6) is 0.940. The summed E-state index contributed by atoms with van der Waals surface area (Å²) in [6, 6.07) is 5.38. The summed E-state index contributed by atoms with van der Waals surface area (Å²) in [5, 5.41) is 6.27. The Hall–Kier alpha value is -2.81. The van der Waals surface area contributed by atoms with Crippen LogP contribution in [-0.4, -0.2) is 73.1 Å². The van der Waals surface area contributed by atoms with E-state index in [4.69, 9.17) is 9.47 Å². The average Bonchev–Trinajstić information content (AvgIpc) is 3.34. The number of hydrogen-bond acceptors (Lipinski definition) is 6. The lowest BCUT2D eigenvalue weighted by molar-refractivity contribution is -0.135. The number of rotatable bonds is 11. The van der Waals surface area contributed by atoms with Crippen molar-refractivity contribution in [1.82, 2.24) is 20.4 Å². The molecule has 3 rings (SSSR count). The standard InChI is InChI=1S/C24H36N4O5/c1-5-32-20-15-18(9-10-19(20)33-17(2)21(29)27(3)4)16-25-13-8-14-28-22(30)24(26-23(28)31)11-6-7-12-24/h9-10,15,17,25H,5-8,11-14,16H2,1-4H3,(H,26,31)/t17-/m0/s1. The van der Waals surface area contributed by atoms with Gasteiger partial charge in [-0.3, -0.25) is 14.5 Å². The Balaban J connectivity index is 1.48. The fourth-order valence-electron chi connectivity index (χ4n) is 4.42. The maximum absolute atomic E-state index is 12.7. The number of likely N-dealkylation sites (N-methyl/N-ethyl adjacent to an activating group) is 1. The van der Waals surface area contributed by atoms with Crippen LogP contribution in [0.1, 0.15) is 51.5 Å². The summed E-state index contributed by atoms with van der Waals surface area (Å²) in [7, 11) is 3.39. The number of urea groups is 1. The Morgan fingerprint density at radius 1 is 1.24 bits per heavy atom. The number of ether oxygens (including phenoxy) is 2. The summed E-state index contributed by atoms with van der Waals surface area (Å²) >= 11 is 0. The largest absolute Gasteiger partial charge is 0.490 e. The molecule has 2 aliphatic rings. The third-order valence-corrected chi connectivity index (χ3v) is 6.17. The zero-order valence-electron chi connectivity index (χ0n) is 20.1. The lowest BCUT2D eigenvalue weighted by Gasteiger charge is -2.20. The highest BCUT2D eigenvalue weighted by Crippen LogP contribution is 2.35. The Bertz CT molecular complexity index is 866. The van der Waals surface area contributed by atoms with E-state index in [0.29, 0.717) is 44.2 Å². The maximum Gasteiger partial charge on any atom is 0.325 e. The third kappa shape index (κ3) is 5.76. The van der Waals surface area contributed by atoms with Crippen molar-refractivity contribution in [2.45, 2.75) is 64.1 Å². The molecule has 1 aliphatic carbocycles. The quantitative estimate of drug-likeness (QED) is 0.388. The van der Waals surface area contributed by atoms with Gasteiger partial charge in [-0.1, -0.05) is 18.9 Å². The van der Waals surface area contributed by atoms with Crippen molar-refractivity contribution in [2.75, 3.05) is 33.8 Å². The Labute approximate surface area is 195 Å². The van der Waals surface area contributed by atoms with Gasteiger partial charge in [-0.15, -0.1) is 0 Å². The van der Waals surface area contributed by atoms with E-state index in [0.717, 1.165) is 31.2 Å². The number of nitrogens with one attached hydrogen (secondary N) is 2. The molecule has 33 heavy (non-hydrogen) atoms. The third-order valence-electron chi connectivity index (χ3n) is 6.17. The smallest absolute Gasteiger partial charge is 0.325 e. The van der Waals surface area contributed by atoms with Crippen molar-refractivity contribution in [3.63, 3.8) is 0 Å². The van der Waals surface area contributed by atoms with Crippen molar-refractivity contribution in [3.05, 3.63) is 23.8 Å². The van der Waals surface area contributed by atoms with Gasteiger partial charge in [0.25, 0.3) is 11.8 Å².